The number of aryl methyl sites for hydroxylation is 2. The molecule has 3 rings (SSSR count). The minimum absolute atomic E-state index is 0.294. The summed E-state index contributed by atoms with van der Waals surface area (Å²) in [5.74, 6) is -0.820. The van der Waals surface area contributed by atoms with Gasteiger partial charge in [0.15, 0.2) is 0 Å². The van der Waals surface area contributed by atoms with E-state index in [0.717, 1.165) is 16.7 Å². The topological polar surface area (TPSA) is 104 Å². The van der Waals surface area contributed by atoms with E-state index < -0.39 is 17.9 Å². The van der Waals surface area contributed by atoms with Crippen molar-refractivity contribution < 1.29 is 14.7 Å². The predicted octanol–water partition coefficient (Wildman–Crippen LogP) is 3.25. The number of nitrogens with one attached hydrogen (secondary N) is 2. The first-order chi connectivity index (χ1) is 14.5. The van der Waals surface area contributed by atoms with Crippen LogP contribution < -0.4 is 10.6 Å². The maximum absolute atomic E-state index is 13.0. The first-order valence-corrected chi connectivity index (χ1v) is 10.2. The highest BCUT2D eigenvalue weighted by molar-refractivity contribution is 7.99. The van der Waals surface area contributed by atoms with E-state index in [-0.39, 0.29) is 5.91 Å². The molecule has 0 saturated heterocycles. The third-order valence-corrected chi connectivity index (χ3v) is 5.34. The fourth-order valence-corrected chi connectivity index (χ4v) is 4.04. The van der Waals surface area contributed by atoms with E-state index in [4.69, 9.17) is 5.11 Å². The zero-order valence-electron chi connectivity index (χ0n) is 16.6. The molecule has 7 nitrogen and oxygen atoms in total. The van der Waals surface area contributed by atoms with Crippen LogP contribution in [0, 0.1) is 13.8 Å². The van der Waals surface area contributed by atoms with Crippen molar-refractivity contribution in [3.8, 4) is 0 Å². The van der Waals surface area contributed by atoms with Gasteiger partial charge in [-0.1, -0.05) is 17.8 Å². The highest BCUT2D eigenvalue weighted by Crippen LogP contribution is 2.34. The number of amides is 2. The molecule has 2 aromatic heterocycles. The molecule has 0 radical (unpaired) electrons. The van der Waals surface area contributed by atoms with Crippen molar-refractivity contribution in [2.45, 2.75) is 24.2 Å². The van der Waals surface area contributed by atoms with Gasteiger partial charge < -0.3 is 15.7 Å². The number of aliphatic hydroxyl groups excluding tert-OH is 1. The van der Waals surface area contributed by atoms with Gasteiger partial charge in [-0.25, -0.2) is 4.98 Å². The van der Waals surface area contributed by atoms with Crippen LogP contribution in [0.2, 0.25) is 0 Å². The Morgan fingerprint density at radius 1 is 1.07 bits per heavy atom. The Bertz CT molecular complexity index is 1020. The third-order valence-electron chi connectivity index (χ3n) is 4.17. The molecule has 0 fully saturated rings. The molecule has 1 unspecified atom stereocenters. The monoisotopic (exact) mass is 422 g/mol. The van der Waals surface area contributed by atoms with Gasteiger partial charge in [0.25, 0.3) is 5.91 Å². The molecule has 8 heteroatoms. The number of hydrogen-bond acceptors (Lipinski definition) is 6. The van der Waals surface area contributed by atoms with Crippen molar-refractivity contribution >= 4 is 29.3 Å². The maximum atomic E-state index is 13.0. The van der Waals surface area contributed by atoms with Crippen molar-refractivity contribution in [1.82, 2.24) is 15.3 Å². The van der Waals surface area contributed by atoms with Gasteiger partial charge in [-0.05, 0) is 66.9 Å². The van der Waals surface area contributed by atoms with Gasteiger partial charge in [-0.2, -0.15) is 0 Å². The van der Waals surface area contributed by atoms with Gasteiger partial charge in [-0.3, -0.25) is 14.6 Å². The zero-order chi connectivity index (χ0) is 21.5. The molecule has 0 saturated carbocycles. The molecular weight excluding hydrogens is 400 g/mol. The van der Waals surface area contributed by atoms with Crippen LogP contribution in [-0.2, 0) is 4.79 Å². The lowest BCUT2D eigenvalue weighted by atomic mass is 10.1. The van der Waals surface area contributed by atoms with Crippen molar-refractivity contribution in [3.05, 3.63) is 83.3 Å². The normalized spacial score (nSPS) is 11.6. The number of carbonyl (C=O) groups is 2. The van der Waals surface area contributed by atoms with E-state index in [9.17, 15) is 9.59 Å². The van der Waals surface area contributed by atoms with Gasteiger partial charge in [0.05, 0.1) is 5.56 Å². The summed E-state index contributed by atoms with van der Waals surface area (Å²) < 4.78 is 0. The Labute approximate surface area is 179 Å². The molecule has 0 aliphatic carbocycles. The van der Waals surface area contributed by atoms with Gasteiger partial charge >= 0.3 is 0 Å². The van der Waals surface area contributed by atoms with Crippen LogP contribution in [0.15, 0.2) is 66.1 Å². The van der Waals surface area contributed by atoms with Crippen LogP contribution in [0.1, 0.15) is 32.4 Å². The van der Waals surface area contributed by atoms with E-state index in [2.05, 4.69) is 20.6 Å². The second kappa shape index (κ2) is 10.00. The highest BCUT2D eigenvalue weighted by Gasteiger charge is 2.21. The third kappa shape index (κ3) is 5.65. The molecule has 0 aliphatic heterocycles. The van der Waals surface area contributed by atoms with E-state index in [1.807, 2.05) is 32.0 Å². The summed E-state index contributed by atoms with van der Waals surface area (Å²) in [6.45, 7) is 3.30. The van der Waals surface area contributed by atoms with Crippen molar-refractivity contribution in [2.75, 3.05) is 11.9 Å². The maximum Gasteiger partial charge on any atom is 0.258 e. The van der Waals surface area contributed by atoms with E-state index in [1.54, 1.807) is 42.9 Å². The van der Waals surface area contributed by atoms with Gasteiger partial charge in [-0.15, -0.1) is 0 Å². The summed E-state index contributed by atoms with van der Waals surface area (Å²) >= 11 is 1.21. The molecule has 154 valence electrons. The smallest absolute Gasteiger partial charge is 0.258 e. The summed E-state index contributed by atoms with van der Waals surface area (Å²) in [6.07, 6.45) is 4.81. The summed E-state index contributed by atoms with van der Waals surface area (Å²) in [6, 6.07) is 12.7. The average molecular weight is 423 g/mol. The second-order valence-corrected chi connectivity index (χ2v) is 7.78. The number of hydrogen-bond donors (Lipinski definition) is 3. The van der Waals surface area contributed by atoms with Crippen LogP contribution in [0.4, 0.5) is 5.69 Å². The number of carbonyl (C=O) groups excluding carboxylic acids is 2. The minimum Gasteiger partial charge on any atom is -0.387 e. The molecule has 30 heavy (non-hydrogen) atoms. The average Bonchev–Trinajstić information content (AvgIpc) is 2.73. The van der Waals surface area contributed by atoms with Crippen LogP contribution in [0.5, 0.6) is 0 Å². The number of benzene rings is 1. The van der Waals surface area contributed by atoms with Gasteiger partial charge in [0.2, 0.25) is 5.91 Å². The molecule has 0 aliphatic rings. The van der Waals surface area contributed by atoms with E-state index >= 15 is 0 Å². The first kappa shape index (κ1) is 21.5. The standard InChI is InChI=1S/C22H22N4O3S/c1-14-10-15(2)12-17(11-14)25-20(29)18-4-3-7-24-22(18)30-21(26-19(28)13-27)16-5-8-23-9-6-16/h3-12,21,27H,13H2,1-2H3,(H,25,29)(H,26,28). The lowest BCUT2D eigenvalue weighted by Gasteiger charge is -2.19. The lowest BCUT2D eigenvalue weighted by Crippen LogP contribution is -2.29. The Kier molecular flexibility index (Phi) is 7.16. The molecule has 0 bridgehead atoms. The Morgan fingerprint density at radius 2 is 1.77 bits per heavy atom. The largest absolute Gasteiger partial charge is 0.387 e. The number of thioether (sulfide) groups is 1. The summed E-state index contributed by atoms with van der Waals surface area (Å²) in [4.78, 5) is 33.1. The van der Waals surface area contributed by atoms with E-state index in [0.29, 0.717) is 16.3 Å². The van der Waals surface area contributed by atoms with Crippen LogP contribution in [0.3, 0.4) is 0 Å². The Balaban J connectivity index is 1.87. The zero-order valence-corrected chi connectivity index (χ0v) is 17.4. The van der Waals surface area contributed by atoms with Crippen LogP contribution >= 0.6 is 11.8 Å². The number of nitrogens with zero attached hydrogens (tertiary/aromatic N) is 2. The Morgan fingerprint density at radius 3 is 2.43 bits per heavy atom. The molecule has 3 aromatic rings. The van der Waals surface area contributed by atoms with Crippen molar-refractivity contribution in [1.29, 1.82) is 0 Å². The quantitative estimate of drug-likeness (QED) is 0.399. The molecule has 1 atom stereocenters. The predicted molar refractivity (Wildman–Crippen MR) is 116 cm³/mol. The highest BCUT2D eigenvalue weighted by atomic mass is 32.2. The van der Waals surface area contributed by atoms with Crippen LogP contribution in [-0.4, -0.2) is 33.5 Å². The fourth-order valence-electron chi connectivity index (χ4n) is 2.93. The molecule has 0 spiro atoms. The first-order valence-electron chi connectivity index (χ1n) is 9.27. The molecule has 3 N–H and O–H groups in total. The molecule has 2 amide bonds. The SMILES string of the molecule is Cc1cc(C)cc(NC(=O)c2cccnc2SC(NC(=O)CO)c2ccncc2)c1. The van der Waals surface area contributed by atoms with Gasteiger partial charge in [0.1, 0.15) is 17.0 Å². The fraction of sp³-hybridized carbons (Fsp3) is 0.182. The molecule has 2 heterocycles. The Hall–Kier alpha value is -3.23. The lowest BCUT2D eigenvalue weighted by molar-refractivity contribution is -0.124. The molecule has 1 aromatic carbocycles. The molecular formula is C22H22N4O3S. The summed E-state index contributed by atoms with van der Waals surface area (Å²) in [5, 5.41) is 14.7. The number of pyridine rings is 2. The number of aliphatic hydroxyl groups is 1. The minimum atomic E-state index is -0.635. The van der Waals surface area contributed by atoms with Gasteiger partial charge in [0, 0.05) is 24.3 Å². The number of rotatable bonds is 7. The van der Waals surface area contributed by atoms with Crippen LogP contribution in [0.25, 0.3) is 0 Å². The summed E-state index contributed by atoms with van der Waals surface area (Å²) in [5.41, 5.74) is 3.96. The summed E-state index contributed by atoms with van der Waals surface area (Å²) in [7, 11) is 0. The second-order valence-electron chi connectivity index (χ2n) is 6.69. The van der Waals surface area contributed by atoms with E-state index in [1.165, 1.54) is 11.8 Å². The number of anilines is 1. The van der Waals surface area contributed by atoms with Crippen molar-refractivity contribution in [2.24, 2.45) is 0 Å². The number of aromatic nitrogens is 2. The van der Waals surface area contributed by atoms with Crippen molar-refractivity contribution in [3.63, 3.8) is 0 Å².